The number of carbonyl (C=O) groups is 2. The molecule has 2 fully saturated rings. The van der Waals surface area contributed by atoms with E-state index in [0.717, 1.165) is 44.3 Å². The fourth-order valence-electron chi connectivity index (χ4n) is 4.45. The molecule has 0 aliphatic carbocycles. The lowest BCUT2D eigenvalue weighted by Gasteiger charge is -2.38. The first-order chi connectivity index (χ1) is 15.9. The minimum Gasteiger partial charge on any atom is -0.395 e. The van der Waals surface area contributed by atoms with Crippen molar-refractivity contribution in [2.24, 2.45) is 0 Å². The fourth-order valence-corrected chi connectivity index (χ4v) is 4.76. The normalized spacial score (nSPS) is 22.7. The first-order valence-electron chi connectivity index (χ1n) is 11.6. The molecule has 2 aliphatic heterocycles. The molecular formula is C24H33Cl2N3O4. The molecule has 2 heterocycles. The summed E-state index contributed by atoms with van der Waals surface area (Å²) in [5.74, 6) is -0.0604. The van der Waals surface area contributed by atoms with E-state index >= 15 is 0 Å². The number of amides is 2. The molecule has 0 saturated carbocycles. The molecular weight excluding hydrogens is 465 g/mol. The van der Waals surface area contributed by atoms with E-state index in [4.69, 9.17) is 23.2 Å². The zero-order valence-electron chi connectivity index (χ0n) is 18.8. The van der Waals surface area contributed by atoms with Crippen LogP contribution in [0.1, 0.15) is 37.7 Å². The van der Waals surface area contributed by atoms with Crippen molar-refractivity contribution in [3.8, 4) is 0 Å². The topological polar surface area (TPSA) is 84.3 Å². The van der Waals surface area contributed by atoms with Crippen LogP contribution < -0.4 is 0 Å². The summed E-state index contributed by atoms with van der Waals surface area (Å²) in [4.78, 5) is 30.8. The molecule has 3 rings (SSSR count). The van der Waals surface area contributed by atoms with Crippen LogP contribution >= 0.6 is 23.2 Å². The number of halogens is 2. The molecule has 7 nitrogen and oxygen atoms in total. The Balaban J connectivity index is 1.43. The van der Waals surface area contributed by atoms with Crippen molar-refractivity contribution in [1.29, 1.82) is 0 Å². The highest BCUT2D eigenvalue weighted by Crippen LogP contribution is 2.23. The molecule has 2 amide bonds. The van der Waals surface area contributed by atoms with Gasteiger partial charge in [0.2, 0.25) is 11.8 Å². The van der Waals surface area contributed by atoms with Crippen molar-refractivity contribution >= 4 is 41.1 Å². The van der Waals surface area contributed by atoms with Gasteiger partial charge >= 0.3 is 0 Å². The maximum atomic E-state index is 12.6. The quantitative estimate of drug-likeness (QED) is 0.426. The Hall–Kier alpha value is -1.64. The highest BCUT2D eigenvalue weighted by molar-refractivity contribution is 6.42. The average Bonchev–Trinajstić information content (AvgIpc) is 2.99. The van der Waals surface area contributed by atoms with Gasteiger partial charge in [-0.1, -0.05) is 29.3 Å². The van der Waals surface area contributed by atoms with Crippen LogP contribution in [0.15, 0.2) is 24.3 Å². The number of carbonyl (C=O) groups excluding carboxylic acids is 2. The molecule has 182 valence electrons. The molecule has 2 N–H and O–H groups in total. The number of hydrogen-bond acceptors (Lipinski definition) is 5. The molecule has 0 bridgehead atoms. The zero-order chi connectivity index (χ0) is 23.8. The van der Waals surface area contributed by atoms with Crippen LogP contribution in [0.4, 0.5) is 0 Å². The van der Waals surface area contributed by atoms with E-state index in [2.05, 4.69) is 4.90 Å². The van der Waals surface area contributed by atoms with Crippen LogP contribution in [0.2, 0.25) is 10.0 Å². The van der Waals surface area contributed by atoms with Gasteiger partial charge in [0.15, 0.2) is 0 Å². The summed E-state index contributed by atoms with van der Waals surface area (Å²) in [7, 11) is 0. The van der Waals surface area contributed by atoms with E-state index in [0.29, 0.717) is 42.6 Å². The van der Waals surface area contributed by atoms with Gasteiger partial charge in [0, 0.05) is 38.7 Å². The second-order valence-corrected chi connectivity index (χ2v) is 9.48. The number of piperidine rings is 1. The Morgan fingerprint density at radius 2 is 1.88 bits per heavy atom. The lowest BCUT2D eigenvalue weighted by molar-refractivity contribution is -0.130. The number of aliphatic hydroxyl groups excluding tert-OH is 2. The number of nitrogens with zero attached hydrogens (tertiary/aromatic N) is 3. The van der Waals surface area contributed by atoms with Gasteiger partial charge < -0.3 is 20.0 Å². The first-order valence-corrected chi connectivity index (χ1v) is 12.4. The van der Waals surface area contributed by atoms with Crippen LogP contribution in [0, 0.1) is 0 Å². The second-order valence-electron chi connectivity index (χ2n) is 8.67. The molecule has 1 aromatic carbocycles. The Labute approximate surface area is 205 Å². The van der Waals surface area contributed by atoms with E-state index < -0.39 is 6.10 Å². The number of likely N-dealkylation sites (tertiary alicyclic amines) is 1. The van der Waals surface area contributed by atoms with E-state index in [9.17, 15) is 19.8 Å². The van der Waals surface area contributed by atoms with Crippen molar-refractivity contribution < 1.29 is 19.8 Å². The third kappa shape index (κ3) is 7.42. The van der Waals surface area contributed by atoms with Crippen molar-refractivity contribution in [1.82, 2.24) is 14.7 Å². The Morgan fingerprint density at radius 3 is 2.64 bits per heavy atom. The molecule has 0 aromatic heterocycles. The van der Waals surface area contributed by atoms with Gasteiger partial charge in [0.05, 0.1) is 28.8 Å². The van der Waals surface area contributed by atoms with Crippen molar-refractivity contribution in [2.45, 2.75) is 44.2 Å². The third-order valence-electron chi connectivity index (χ3n) is 6.43. The van der Waals surface area contributed by atoms with Crippen LogP contribution in [0.5, 0.6) is 0 Å². The van der Waals surface area contributed by atoms with E-state index in [-0.39, 0.29) is 24.5 Å². The molecule has 2 aliphatic rings. The molecule has 9 heteroatoms. The van der Waals surface area contributed by atoms with Gasteiger partial charge in [-0.2, -0.15) is 0 Å². The van der Waals surface area contributed by atoms with Gasteiger partial charge in [0.25, 0.3) is 0 Å². The standard InChI is InChI=1S/C24H33Cl2N3O4/c25-19-7-5-18(16-20(19)26)6-8-23(32)29-13-9-24(33)28(14-15-29)11-2-1-10-27-12-3-4-22(31)21(27)17-30/h5-8,16,21-22,30-31H,1-4,9-15,17H2/b8-6+/t21-,22-/m0/s1. The zero-order valence-corrected chi connectivity index (χ0v) is 20.3. The summed E-state index contributed by atoms with van der Waals surface area (Å²) in [6.45, 7) is 3.74. The minimum atomic E-state index is -0.467. The van der Waals surface area contributed by atoms with Crippen molar-refractivity contribution in [3.63, 3.8) is 0 Å². The van der Waals surface area contributed by atoms with Gasteiger partial charge in [-0.05, 0) is 62.5 Å². The first kappa shape index (κ1) is 26.0. The van der Waals surface area contributed by atoms with E-state index in [1.807, 2.05) is 4.90 Å². The van der Waals surface area contributed by atoms with Crippen molar-refractivity contribution in [3.05, 3.63) is 39.9 Å². The number of unbranched alkanes of at least 4 members (excludes halogenated alkanes) is 1. The van der Waals surface area contributed by atoms with Crippen LogP contribution in [0.3, 0.4) is 0 Å². The smallest absolute Gasteiger partial charge is 0.246 e. The lowest BCUT2D eigenvalue weighted by atomic mass is 9.99. The van der Waals surface area contributed by atoms with E-state index in [1.54, 1.807) is 29.2 Å². The molecule has 0 unspecified atom stereocenters. The van der Waals surface area contributed by atoms with Gasteiger partial charge in [-0.3, -0.25) is 14.5 Å². The molecule has 2 atom stereocenters. The predicted octanol–water partition coefficient (Wildman–Crippen LogP) is 2.67. The predicted molar refractivity (Wildman–Crippen MR) is 130 cm³/mol. The molecule has 2 saturated heterocycles. The number of benzene rings is 1. The van der Waals surface area contributed by atoms with Gasteiger partial charge in [0.1, 0.15) is 0 Å². The molecule has 0 spiro atoms. The monoisotopic (exact) mass is 497 g/mol. The Bertz CT molecular complexity index is 851. The minimum absolute atomic E-state index is 0.0326. The lowest BCUT2D eigenvalue weighted by Crippen LogP contribution is -2.50. The summed E-state index contributed by atoms with van der Waals surface area (Å²) < 4.78 is 0. The maximum absolute atomic E-state index is 12.6. The molecule has 1 aromatic rings. The van der Waals surface area contributed by atoms with Gasteiger partial charge in [-0.15, -0.1) is 0 Å². The summed E-state index contributed by atoms with van der Waals surface area (Å²) in [5.41, 5.74) is 0.787. The summed E-state index contributed by atoms with van der Waals surface area (Å²) in [6.07, 6.45) is 6.47. The highest BCUT2D eigenvalue weighted by atomic mass is 35.5. The average molecular weight is 498 g/mol. The number of aliphatic hydroxyl groups is 2. The summed E-state index contributed by atoms with van der Waals surface area (Å²) in [5, 5.41) is 20.5. The fraction of sp³-hybridized carbons (Fsp3) is 0.583. The number of rotatable bonds is 8. The van der Waals surface area contributed by atoms with E-state index in [1.165, 1.54) is 6.08 Å². The second kappa shape index (κ2) is 12.7. The summed E-state index contributed by atoms with van der Waals surface area (Å²) in [6, 6.07) is 5.00. The maximum Gasteiger partial charge on any atom is 0.246 e. The molecule has 33 heavy (non-hydrogen) atoms. The van der Waals surface area contributed by atoms with Crippen molar-refractivity contribution in [2.75, 3.05) is 45.9 Å². The Kier molecular flexibility index (Phi) is 10.0. The highest BCUT2D eigenvalue weighted by Gasteiger charge is 2.29. The summed E-state index contributed by atoms with van der Waals surface area (Å²) >= 11 is 11.9. The Morgan fingerprint density at radius 1 is 1.09 bits per heavy atom. The van der Waals surface area contributed by atoms with Gasteiger partial charge in [-0.25, -0.2) is 0 Å². The number of hydrogen-bond donors (Lipinski definition) is 2. The largest absolute Gasteiger partial charge is 0.395 e. The molecule has 0 radical (unpaired) electrons. The third-order valence-corrected chi connectivity index (χ3v) is 7.17. The van der Waals surface area contributed by atoms with Crippen LogP contribution in [0.25, 0.3) is 6.08 Å². The SMILES string of the molecule is O=C(/C=C/c1ccc(Cl)c(Cl)c1)N1CCC(=O)N(CCCCN2CCC[C@H](O)[C@@H]2CO)CC1. The van der Waals surface area contributed by atoms with Crippen LogP contribution in [-0.4, -0.2) is 94.7 Å². The van der Waals surface area contributed by atoms with Crippen LogP contribution in [-0.2, 0) is 9.59 Å².